The molecule has 0 fully saturated rings. The van der Waals surface area contributed by atoms with E-state index in [0.29, 0.717) is 33.8 Å². The largest absolute Gasteiger partial charge is 0.286 e. The zero-order valence-corrected chi connectivity index (χ0v) is 13.8. The number of thiophene rings is 1. The molecule has 3 aromatic heterocycles. The summed E-state index contributed by atoms with van der Waals surface area (Å²) in [6, 6.07) is 13.4. The van der Waals surface area contributed by atoms with Crippen molar-refractivity contribution >= 4 is 28.2 Å². The SMILES string of the molecule is CCc1nc(C(=O)c2cccs2)c2cnn(-c3ccccc3)c2n1. The fraction of sp³-hybridized carbons (Fsp3) is 0.111. The van der Waals surface area contributed by atoms with Gasteiger partial charge >= 0.3 is 0 Å². The number of nitrogens with zero attached hydrogens (tertiary/aromatic N) is 4. The Morgan fingerprint density at radius 1 is 1.12 bits per heavy atom. The first-order valence-corrected chi connectivity index (χ1v) is 8.54. The van der Waals surface area contributed by atoms with Crippen LogP contribution in [0.4, 0.5) is 0 Å². The van der Waals surface area contributed by atoms with Crippen molar-refractivity contribution in [1.29, 1.82) is 0 Å². The molecular formula is C18H14N4OS. The fourth-order valence-electron chi connectivity index (χ4n) is 2.57. The summed E-state index contributed by atoms with van der Waals surface area (Å²) in [5.41, 5.74) is 1.98. The Bertz CT molecular complexity index is 1010. The Balaban J connectivity index is 1.95. The van der Waals surface area contributed by atoms with E-state index in [9.17, 15) is 4.79 Å². The highest BCUT2D eigenvalue weighted by atomic mass is 32.1. The van der Waals surface area contributed by atoms with Crippen LogP contribution in [-0.2, 0) is 6.42 Å². The summed E-state index contributed by atoms with van der Waals surface area (Å²) in [5.74, 6) is 0.555. The van der Waals surface area contributed by atoms with Crippen LogP contribution in [0, 0.1) is 0 Å². The average molecular weight is 334 g/mol. The molecule has 4 rings (SSSR count). The molecule has 0 saturated heterocycles. The maximum atomic E-state index is 12.8. The van der Waals surface area contributed by atoms with E-state index in [4.69, 9.17) is 0 Å². The summed E-state index contributed by atoms with van der Waals surface area (Å²) >= 11 is 1.41. The summed E-state index contributed by atoms with van der Waals surface area (Å²) in [6.45, 7) is 1.98. The molecule has 0 radical (unpaired) electrons. The van der Waals surface area contributed by atoms with E-state index in [1.807, 2.05) is 54.8 Å². The molecule has 3 heterocycles. The van der Waals surface area contributed by atoms with Gasteiger partial charge in [-0.3, -0.25) is 4.79 Å². The second-order valence-electron chi connectivity index (χ2n) is 5.28. The van der Waals surface area contributed by atoms with Gasteiger partial charge in [0.05, 0.1) is 22.1 Å². The van der Waals surface area contributed by atoms with Crippen LogP contribution in [0.3, 0.4) is 0 Å². The van der Waals surface area contributed by atoms with Crippen molar-refractivity contribution in [3.63, 3.8) is 0 Å². The van der Waals surface area contributed by atoms with Crippen molar-refractivity contribution in [1.82, 2.24) is 19.7 Å². The van der Waals surface area contributed by atoms with Crippen LogP contribution in [0.25, 0.3) is 16.7 Å². The topological polar surface area (TPSA) is 60.7 Å². The fourth-order valence-corrected chi connectivity index (χ4v) is 3.23. The quantitative estimate of drug-likeness (QED) is 0.534. The van der Waals surface area contributed by atoms with Gasteiger partial charge in [0.2, 0.25) is 5.78 Å². The van der Waals surface area contributed by atoms with Crippen molar-refractivity contribution in [3.05, 3.63) is 70.4 Å². The van der Waals surface area contributed by atoms with E-state index in [1.54, 1.807) is 10.9 Å². The van der Waals surface area contributed by atoms with Gasteiger partial charge in [-0.15, -0.1) is 11.3 Å². The lowest BCUT2D eigenvalue weighted by Gasteiger charge is -2.06. The van der Waals surface area contributed by atoms with Crippen LogP contribution < -0.4 is 0 Å². The minimum absolute atomic E-state index is 0.0836. The van der Waals surface area contributed by atoms with Crippen molar-refractivity contribution in [2.45, 2.75) is 13.3 Å². The minimum Gasteiger partial charge on any atom is -0.286 e. The highest BCUT2D eigenvalue weighted by Gasteiger charge is 2.20. The molecule has 0 N–H and O–H groups in total. The summed E-state index contributed by atoms with van der Waals surface area (Å²) in [7, 11) is 0. The van der Waals surface area contributed by atoms with E-state index in [-0.39, 0.29) is 5.78 Å². The zero-order valence-electron chi connectivity index (χ0n) is 13.0. The van der Waals surface area contributed by atoms with Gasteiger partial charge in [0.15, 0.2) is 5.65 Å². The molecule has 0 bridgehead atoms. The van der Waals surface area contributed by atoms with Crippen LogP contribution in [0.2, 0.25) is 0 Å². The van der Waals surface area contributed by atoms with Crippen molar-refractivity contribution in [2.24, 2.45) is 0 Å². The molecule has 0 unspecified atom stereocenters. The summed E-state index contributed by atoms with van der Waals surface area (Å²) in [4.78, 5) is 22.6. The second-order valence-corrected chi connectivity index (χ2v) is 6.23. The molecule has 118 valence electrons. The lowest BCUT2D eigenvalue weighted by molar-refractivity contribution is 0.103. The number of para-hydroxylation sites is 1. The van der Waals surface area contributed by atoms with Crippen LogP contribution in [0.1, 0.15) is 28.1 Å². The predicted octanol–water partition coefficient (Wildman–Crippen LogP) is 3.67. The molecule has 0 amide bonds. The number of carbonyl (C=O) groups is 1. The minimum atomic E-state index is -0.0836. The molecule has 1 aromatic carbocycles. The summed E-state index contributed by atoms with van der Waals surface area (Å²) in [6.07, 6.45) is 2.32. The van der Waals surface area contributed by atoms with Gasteiger partial charge in [0.1, 0.15) is 11.5 Å². The number of aryl methyl sites for hydroxylation is 1. The standard InChI is InChI=1S/C18H14N4OS/c1-2-15-20-16(17(23)14-9-6-10-24-14)13-11-19-22(18(13)21-15)12-7-4-3-5-8-12/h3-11H,2H2,1H3. The molecule has 0 aliphatic heterocycles. The van der Waals surface area contributed by atoms with E-state index in [0.717, 1.165) is 5.69 Å². The van der Waals surface area contributed by atoms with Crippen LogP contribution in [0.15, 0.2) is 54.0 Å². The van der Waals surface area contributed by atoms with Crippen LogP contribution in [-0.4, -0.2) is 25.5 Å². The lowest BCUT2D eigenvalue weighted by Crippen LogP contribution is -2.08. The molecule has 6 heteroatoms. The number of ketones is 1. The Morgan fingerprint density at radius 2 is 1.96 bits per heavy atom. The molecular weight excluding hydrogens is 320 g/mol. The zero-order chi connectivity index (χ0) is 16.5. The predicted molar refractivity (Wildman–Crippen MR) is 93.8 cm³/mol. The third-order valence-electron chi connectivity index (χ3n) is 3.75. The van der Waals surface area contributed by atoms with E-state index in [1.165, 1.54) is 11.3 Å². The Kier molecular flexibility index (Phi) is 3.66. The molecule has 5 nitrogen and oxygen atoms in total. The number of aromatic nitrogens is 4. The Labute approximate surface area is 142 Å². The maximum Gasteiger partial charge on any atom is 0.222 e. The summed E-state index contributed by atoms with van der Waals surface area (Å²) in [5, 5.41) is 6.99. The maximum absolute atomic E-state index is 12.8. The highest BCUT2D eigenvalue weighted by Crippen LogP contribution is 2.23. The van der Waals surface area contributed by atoms with E-state index < -0.39 is 0 Å². The molecule has 0 atom stereocenters. The first kappa shape index (κ1) is 14.7. The molecule has 4 aromatic rings. The number of hydrogen-bond donors (Lipinski definition) is 0. The Hall–Kier alpha value is -2.86. The number of hydrogen-bond acceptors (Lipinski definition) is 5. The molecule has 0 saturated carbocycles. The third-order valence-corrected chi connectivity index (χ3v) is 4.62. The van der Waals surface area contributed by atoms with Gasteiger partial charge < -0.3 is 0 Å². The van der Waals surface area contributed by atoms with Crippen molar-refractivity contribution in [3.8, 4) is 5.69 Å². The van der Waals surface area contributed by atoms with E-state index in [2.05, 4.69) is 15.1 Å². The number of carbonyl (C=O) groups excluding carboxylic acids is 1. The monoisotopic (exact) mass is 334 g/mol. The van der Waals surface area contributed by atoms with Gasteiger partial charge in [0.25, 0.3) is 0 Å². The van der Waals surface area contributed by atoms with Crippen LogP contribution in [0.5, 0.6) is 0 Å². The summed E-state index contributed by atoms with van der Waals surface area (Å²) < 4.78 is 1.75. The average Bonchev–Trinajstić information content (AvgIpc) is 3.30. The third kappa shape index (κ3) is 2.41. The van der Waals surface area contributed by atoms with Crippen LogP contribution >= 0.6 is 11.3 Å². The number of fused-ring (bicyclic) bond motifs is 1. The van der Waals surface area contributed by atoms with Gasteiger partial charge in [-0.25, -0.2) is 14.6 Å². The highest BCUT2D eigenvalue weighted by molar-refractivity contribution is 7.12. The first-order chi connectivity index (χ1) is 11.8. The Morgan fingerprint density at radius 3 is 2.67 bits per heavy atom. The van der Waals surface area contributed by atoms with Crippen molar-refractivity contribution in [2.75, 3.05) is 0 Å². The van der Waals surface area contributed by atoms with Gasteiger partial charge in [-0.1, -0.05) is 31.2 Å². The normalized spacial score (nSPS) is 11.0. The number of rotatable bonds is 4. The lowest BCUT2D eigenvalue weighted by atomic mass is 10.1. The smallest absolute Gasteiger partial charge is 0.222 e. The van der Waals surface area contributed by atoms with Gasteiger partial charge in [-0.2, -0.15) is 5.10 Å². The number of benzene rings is 1. The molecule has 0 aliphatic carbocycles. The van der Waals surface area contributed by atoms with Gasteiger partial charge in [-0.05, 0) is 23.6 Å². The molecule has 24 heavy (non-hydrogen) atoms. The molecule has 0 aliphatic rings. The van der Waals surface area contributed by atoms with Gasteiger partial charge in [0, 0.05) is 6.42 Å². The molecule has 0 spiro atoms. The second kappa shape index (κ2) is 5.98. The van der Waals surface area contributed by atoms with Crippen molar-refractivity contribution < 1.29 is 4.79 Å². The van der Waals surface area contributed by atoms with E-state index >= 15 is 0 Å². The first-order valence-electron chi connectivity index (χ1n) is 7.66.